The van der Waals surface area contributed by atoms with Crippen molar-refractivity contribution >= 4 is 12.3 Å². The lowest BCUT2D eigenvalue weighted by atomic mass is 10.2. The van der Waals surface area contributed by atoms with Crippen molar-refractivity contribution in [3.8, 4) is 5.75 Å². The van der Waals surface area contributed by atoms with Gasteiger partial charge in [0.1, 0.15) is 12.0 Å². The summed E-state index contributed by atoms with van der Waals surface area (Å²) in [5.74, 6) is -1.30. The van der Waals surface area contributed by atoms with Crippen LogP contribution in [0.2, 0.25) is 0 Å². The van der Waals surface area contributed by atoms with E-state index < -0.39 is 23.5 Å². The Morgan fingerprint density at radius 3 is 2.56 bits per heavy atom. The number of hydrogen-bond donors (Lipinski definition) is 0. The quantitative estimate of drug-likeness (QED) is 0.354. The van der Waals surface area contributed by atoms with Crippen molar-refractivity contribution in [2.45, 2.75) is 25.4 Å². The van der Waals surface area contributed by atoms with Crippen LogP contribution >= 0.6 is 0 Å². The molecule has 0 heterocycles. The minimum Gasteiger partial charge on any atom is -0.426 e. The van der Waals surface area contributed by atoms with Gasteiger partial charge in [0.05, 0.1) is 5.56 Å². The zero-order chi connectivity index (χ0) is 13.6. The van der Waals surface area contributed by atoms with Crippen molar-refractivity contribution < 1.29 is 27.5 Å². The molecule has 0 N–H and O–H groups in total. The third kappa shape index (κ3) is 4.20. The number of carbonyl (C=O) groups excluding carboxylic acids is 2. The molecule has 0 aromatic heterocycles. The van der Waals surface area contributed by atoms with Gasteiger partial charge in [-0.05, 0) is 18.6 Å². The molecule has 0 unspecified atom stereocenters. The highest BCUT2D eigenvalue weighted by atomic mass is 19.4. The second-order valence-corrected chi connectivity index (χ2v) is 3.53. The molecule has 0 saturated heterocycles. The summed E-state index contributed by atoms with van der Waals surface area (Å²) in [5.41, 5.74) is -0.992. The second-order valence-electron chi connectivity index (χ2n) is 3.53. The Morgan fingerprint density at radius 2 is 1.94 bits per heavy atom. The molecule has 98 valence electrons. The Balaban J connectivity index is 2.72. The maximum absolute atomic E-state index is 12.6. The van der Waals surface area contributed by atoms with Gasteiger partial charge in [0.15, 0.2) is 0 Å². The Morgan fingerprint density at radius 1 is 1.28 bits per heavy atom. The average molecular weight is 260 g/mol. The highest BCUT2D eigenvalue weighted by Gasteiger charge is 2.34. The van der Waals surface area contributed by atoms with Crippen molar-refractivity contribution in [2.24, 2.45) is 0 Å². The van der Waals surface area contributed by atoms with Crippen LogP contribution in [0.5, 0.6) is 5.75 Å². The number of ether oxygens (including phenoxy) is 1. The molecule has 0 radical (unpaired) electrons. The average Bonchev–Trinajstić information content (AvgIpc) is 2.28. The number of carbonyl (C=O) groups is 2. The van der Waals surface area contributed by atoms with Crippen LogP contribution in [0.25, 0.3) is 0 Å². The summed E-state index contributed by atoms with van der Waals surface area (Å²) in [6, 6.07) is 4.49. The largest absolute Gasteiger partial charge is 0.426 e. The summed E-state index contributed by atoms with van der Waals surface area (Å²) in [4.78, 5) is 21.3. The lowest BCUT2D eigenvalue weighted by Gasteiger charge is -2.12. The molecule has 1 rings (SSSR count). The van der Waals surface area contributed by atoms with Gasteiger partial charge in [-0.25, -0.2) is 0 Å². The molecule has 0 atom stereocenters. The van der Waals surface area contributed by atoms with E-state index in [4.69, 9.17) is 0 Å². The minimum absolute atomic E-state index is 0.0923. The van der Waals surface area contributed by atoms with Gasteiger partial charge in [-0.1, -0.05) is 12.1 Å². The molecule has 1 aromatic carbocycles. The summed E-state index contributed by atoms with van der Waals surface area (Å²) in [7, 11) is 0. The number of rotatable bonds is 5. The molecule has 1 aromatic rings. The Kier molecular flexibility index (Phi) is 4.88. The van der Waals surface area contributed by atoms with E-state index in [2.05, 4.69) is 4.74 Å². The number of halogens is 3. The predicted octanol–water partition coefficient (Wildman–Crippen LogP) is 2.98. The summed E-state index contributed by atoms with van der Waals surface area (Å²) in [5, 5.41) is 0. The number of unbranched alkanes of at least 4 members (excludes halogenated alkanes) is 1. The lowest BCUT2D eigenvalue weighted by Crippen LogP contribution is -2.13. The molecule has 18 heavy (non-hydrogen) atoms. The van der Waals surface area contributed by atoms with Crippen molar-refractivity contribution in [1.82, 2.24) is 0 Å². The Hall–Kier alpha value is -1.85. The fourth-order valence-electron chi connectivity index (χ4n) is 1.29. The fraction of sp³-hybridized carbons (Fsp3) is 0.333. The molecule has 0 saturated carbocycles. The lowest BCUT2D eigenvalue weighted by molar-refractivity contribution is -0.142. The number of alkyl halides is 3. The molecule has 0 aliphatic carbocycles. The standard InChI is InChI=1S/C12H11F3O3/c13-12(14,15)9-5-1-2-6-10(9)18-11(17)7-3-4-8-16/h1-2,5-6,8H,3-4,7H2. The highest BCUT2D eigenvalue weighted by molar-refractivity contribution is 5.73. The zero-order valence-corrected chi connectivity index (χ0v) is 9.37. The smallest absolute Gasteiger partial charge is 0.419 e. The van der Waals surface area contributed by atoms with Gasteiger partial charge in [-0.2, -0.15) is 13.2 Å². The van der Waals surface area contributed by atoms with Crippen LogP contribution in [0.3, 0.4) is 0 Å². The molecule has 6 heteroatoms. The van der Waals surface area contributed by atoms with E-state index in [0.717, 1.165) is 12.1 Å². The van der Waals surface area contributed by atoms with Gasteiger partial charge in [-0.3, -0.25) is 4.79 Å². The van der Waals surface area contributed by atoms with Crippen LogP contribution < -0.4 is 4.74 Å². The number of para-hydroxylation sites is 1. The molecular formula is C12H11F3O3. The molecule has 3 nitrogen and oxygen atoms in total. The fourth-order valence-corrected chi connectivity index (χ4v) is 1.29. The van der Waals surface area contributed by atoms with E-state index in [1.165, 1.54) is 12.1 Å². The first-order chi connectivity index (χ1) is 8.45. The highest BCUT2D eigenvalue weighted by Crippen LogP contribution is 2.35. The van der Waals surface area contributed by atoms with Gasteiger partial charge < -0.3 is 9.53 Å². The molecular weight excluding hydrogens is 249 g/mol. The van der Waals surface area contributed by atoms with Crippen molar-refractivity contribution in [2.75, 3.05) is 0 Å². The van der Waals surface area contributed by atoms with E-state index >= 15 is 0 Å². The maximum Gasteiger partial charge on any atom is 0.419 e. The summed E-state index contributed by atoms with van der Waals surface area (Å²) in [6.45, 7) is 0. The van der Waals surface area contributed by atoms with E-state index in [0.29, 0.717) is 6.29 Å². The van der Waals surface area contributed by atoms with Crippen LogP contribution in [-0.4, -0.2) is 12.3 Å². The summed E-state index contributed by atoms with van der Waals surface area (Å²) >= 11 is 0. The van der Waals surface area contributed by atoms with Gasteiger partial charge >= 0.3 is 12.1 Å². The zero-order valence-electron chi connectivity index (χ0n) is 9.37. The molecule has 0 aliphatic rings. The first-order valence-corrected chi connectivity index (χ1v) is 5.25. The third-order valence-corrected chi connectivity index (χ3v) is 2.12. The molecule has 0 spiro atoms. The van der Waals surface area contributed by atoms with Gasteiger partial charge in [-0.15, -0.1) is 0 Å². The van der Waals surface area contributed by atoms with Crippen LogP contribution in [-0.2, 0) is 15.8 Å². The maximum atomic E-state index is 12.6. The number of aldehydes is 1. The van der Waals surface area contributed by atoms with Gasteiger partial charge in [0.25, 0.3) is 0 Å². The summed E-state index contributed by atoms with van der Waals surface area (Å²) in [6.07, 6.45) is -3.59. The van der Waals surface area contributed by atoms with E-state index in [1.54, 1.807) is 0 Å². The first-order valence-electron chi connectivity index (χ1n) is 5.25. The molecule has 0 amide bonds. The van der Waals surface area contributed by atoms with Gasteiger partial charge in [0.2, 0.25) is 0 Å². The SMILES string of the molecule is O=CCCCC(=O)Oc1ccccc1C(F)(F)F. The number of esters is 1. The van der Waals surface area contributed by atoms with E-state index in [9.17, 15) is 22.8 Å². The van der Waals surface area contributed by atoms with Gasteiger partial charge in [0, 0.05) is 12.8 Å². The number of hydrogen-bond acceptors (Lipinski definition) is 3. The third-order valence-electron chi connectivity index (χ3n) is 2.12. The monoisotopic (exact) mass is 260 g/mol. The topological polar surface area (TPSA) is 43.4 Å². The van der Waals surface area contributed by atoms with Crippen molar-refractivity contribution in [3.63, 3.8) is 0 Å². The Bertz CT molecular complexity index is 427. The molecule has 0 fully saturated rings. The van der Waals surface area contributed by atoms with Crippen LogP contribution in [0.15, 0.2) is 24.3 Å². The van der Waals surface area contributed by atoms with Crippen molar-refractivity contribution in [3.05, 3.63) is 29.8 Å². The second kappa shape index (κ2) is 6.18. The molecule has 0 bridgehead atoms. The van der Waals surface area contributed by atoms with E-state index in [-0.39, 0.29) is 19.3 Å². The predicted molar refractivity (Wildman–Crippen MR) is 57.0 cm³/mol. The van der Waals surface area contributed by atoms with Crippen molar-refractivity contribution in [1.29, 1.82) is 0 Å². The van der Waals surface area contributed by atoms with Crippen LogP contribution in [0.4, 0.5) is 13.2 Å². The first kappa shape index (κ1) is 14.2. The van der Waals surface area contributed by atoms with Crippen LogP contribution in [0, 0.1) is 0 Å². The van der Waals surface area contributed by atoms with Crippen LogP contribution in [0.1, 0.15) is 24.8 Å². The summed E-state index contributed by atoms with van der Waals surface area (Å²) < 4.78 is 42.3. The molecule has 0 aliphatic heterocycles. The Labute approximate surface area is 102 Å². The normalized spacial score (nSPS) is 11.1. The van der Waals surface area contributed by atoms with E-state index in [1.807, 2.05) is 0 Å². The number of benzene rings is 1. The minimum atomic E-state index is -4.57.